The summed E-state index contributed by atoms with van der Waals surface area (Å²) in [5.74, 6) is 0.0518. The number of nitrogens with zero attached hydrogens (tertiary/aromatic N) is 5. The second-order valence-electron chi connectivity index (χ2n) is 5.79. The molecule has 8 heteroatoms. The Labute approximate surface area is 151 Å². The Morgan fingerprint density at radius 2 is 2.04 bits per heavy atom. The third-order valence-corrected chi connectivity index (χ3v) is 5.70. The first kappa shape index (κ1) is 15.6. The van der Waals surface area contributed by atoms with Crippen LogP contribution >= 0.6 is 27.3 Å². The number of aryl methyl sites for hydroxylation is 1. The van der Waals surface area contributed by atoms with E-state index in [2.05, 4.69) is 32.0 Å². The number of hydrogen-bond acceptors (Lipinski definition) is 5. The van der Waals surface area contributed by atoms with Crippen LogP contribution in [-0.2, 0) is 7.05 Å². The van der Waals surface area contributed by atoms with Crippen LogP contribution in [0, 0.1) is 0 Å². The van der Waals surface area contributed by atoms with Gasteiger partial charge in [0.05, 0.1) is 22.0 Å². The summed E-state index contributed by atoms with van der Waals surface area (Å²) in [7, 11) is 1.82. The first-order valence-electron chi connectivity index (χ1n) is 7.69. The maximum Gasteiger partial charge on any atom is 0.257 e. The van der Waals surface area contributed by atoms with Crippen LogP contribution in [0.25, 0.3) is 10.2 Å². The molecule has 124 valence electrons. The fourth-order valence-electron chi connectivity index (χ4n) is 2.84. The van der Waals surface area contributed by atoms with Gasteiger partial charge in [0, 0.05) is 43.9 Å². The van der Waals surface area contributed by atoms with Gasteiger partial charge in [0.15, 0.2) is 5.13 Å². The van der Waals surface area contributed by atoms with E-state index in [1.807, 2.05) is 24.1 Å². The molecule has 0 spiro atoms. The minimum Gasteiger partial charge on any atom is -0.345 e. The quantitative estimate of drug-likeness (QED) is 0.657. The molecule has 0 radical (unpaired) electrons. The highest BCUT2D eigenvalue weighted by molar-refractivity contribution is 9.10. The molecule has 2 aromatic heterocycles. The van der Waals surface area contributed by atoms with E-state index in [0.717, 1.165) is 28.2 Å². The molecule has 1 amide bonds. The number of carbonyl (C=O) groups is 1. The predicted molar refractivity (Wildman–Crippen MR) is 98.6 cm³/mol. The van der Waals surface area contributed by atoms with E-state index < -0.39 is 0 Å². The third-order valence-electron chi connectivity index (χ3n) is 4.13. The Bertz CT molecular complexity index is 897. The maximum atomic E-state index is 12.5. The Kier molecular flexibility index (Phi) is 4.01. The van der Waals surface area contributed by atoms with Crippen molar-refractivity contribution in [1.82, 2.24) is 19.7 Å². The highest BCUT2D eigenvalue weighted by Gasteiger charge is 2.24. The van der Waals surface area contributed by atoms with Crippen LogP contribution in [0.4, 0.5) is 5.13 Å². The van der Waals surface area contributed by atoms with Crippen LogP contribution in [0.2, 0.25) is 0 Å². The number of amides is 1. The molecule has 3 aromatic rings. The summed E-state index contributed by atoms with van der Waals surface area (Å²) in [6, 6.07) is 6.14. The molecule has 0 unspecified atom stereocenters. The first-order valence-corrected chi connectivity index (χ1v) is 9.30. The van der Waals surface area contributed by atoms with E-state index in [-0.39, 0.29) is 5.91 Å². The second-order valence-corrected chi connectivity index (χ2v) is 7.72. The van der Waals surface area contributed by atoms with Crippen molar-refractivity contribution in [1.29, 1.82) is 0 Å². The van der Waals surface area contributed by atoms with E-state index >= 15 is 0 Å². The van der Waals surface area contributed by atoms with Gasteiger partial charge in [0.1, 0.15) is 0 Å². The van der Waals surface area contributed by atoms with Crippen molar-refractivity contribution in [3.05, 3.63) is 40.6 Å². The lowest BCUT2D eigenvalue weighted by molar-refractivity contribution is 0.0746. The molecule has 0 atom stereocenters. The van der Waals surface area contributed by atoms with Gasteiger partial charge in [0.2, 0.25) is 0 Å². The molecule has 1 aromatic carbocycles. The lowest BCUT2D eigenvalue weighted by Crippen LogP contribution is -2.48. The number of halogens is 1. The van der Waals surface area contributed by atoms with Gasteiger partial charge in [-0.05, 0) is 18.2 Å². The highest BCUT2D eigenvalue weighted by atomic mass is 79.9. The van der Waals surface area contributed by atoms with Crippen LogP contribution in [0.1, 0.15) is 10.4 Å². The predicted octanol–water partition coefficient (Wildman–Crippen LogP) is 2.75. The molecule has 3 heterocycles. The number of carbonyl (C=O) groups excluding carboxylic acids is 1. The van der Waals surface area contributed by atoms with Gasteiger partial charge in [-0.3, -0.25) is 9.48 Å². The van der Waals surface area contributed by atoms with Crippen molar-refractivity contribution in [3.8, 4) is 0 Å². The van der Waals surface area contributed by atoms with E-state index in [0.29, 0.717) is 18.7 Å². The minimum absolute atomic E-state index is 0.0518. The molecular weight excluding hydrogens is 390 g/mol. The van der Waals surface area contributed by atoms with Crippen molar-refractivity contribution in [2.75, 3.05) is 31.1 Å². The number of hydrogen-bond donors (Lipinski definition) is 0. The van der Waals surface area contributed by atoms with Crippen LogP contribution in [0.5, 0.6) is 0 Å². The summed E-state index contributed by atoms with van der Waals surface area (Å²) in [6.45, 7) is 3.00. The molecule has 0 N–H and O–H groups in total. The van der Waals surface area contributed by atoms with E-state index in [4.69, 9.17) is 4.98 Å². The van der Waals surface area contributed by atoms with Crippen molar-refractivity contribution >= 4 is 48.5 Å². The van der Waals surface area contributed by atoms with Gasteiger partial charge < -0.3 is 9.80 Å². The van der Waals surface area contributed by atoms with Gasteiger partial charge in [-0.2, -0.15) is 5.10 Å². The lowest BCUT2D eigenvalue weighted by atomic mass is 10.2. The number of piperazine rings is 1. The summed E-state index contributed by atoms with van der Waals surface area (Å²) in [5.41, 5.74) is 1.67. The van der Waals surface area contributed by atoms with E-state index in [1.54, 1.807) is 28.4 Å². The molecule has 0 aliphatic carbocycles. The molecule has 1 aliphatic heterocycles. The summed E-state index contributed by atoms with van der Waals surface area (Å²) < 4.78 is 3.90. The summed E-state index contributed by atoms with van der Waals surface area (Å²) in [6.07, 6.45) is 3.39. The summed E-state index contributed by atoms with van der Waals surface area (Å²) in [5, 5.41) is 5.10. The number of benzene rings is 1. The zero-order chi connectivity index (χ0) is 16.7. The van der Waals surface area contributed by atoms with E-state index in [1.165, 1.54) is 4.70 Å². The zero-order valence-electron chi connectivity index (χ0n) is 13.1. The molecule has 0 saturated carbocycles. The number of fused-ring (bicyclic) bond motifs is 1. The SMILES string of the molecule is Cn1cc(C(=O)N2CCN(c3nc4ccc(Br)cc4s3)CC2)cn1. The molecule has 1 fully saturated rings. The Balaban J connectivity index is 1.46. The molecule has 1 saturated heterocycles. The number of thiazole rings is 1. The van der Waals surface area contributed by atoms with Crippen LogP contribution in [-0.4, -0.2) is 51.8 Å². The second kappa shape index (κ2) is 6.18. The molecule has 6 nitrogen and oxygen atoms in total. The van der Waals surface area contributed by atoms with Crippen molar-refractivity contribution in [3.63, 3.8) is 0 Å². The minimum atomic E-state index is 0.0518. The Morgan fingerprint density at radius 3 is 2.75 bits per heavy atom. The van der Waals surface area contributed by atoms with Gasteiger partial charge in [-0.1, -0.05) is 27.3 Å². The highest BCUT2D eigenvalue weighted by Crippen LogP contribution is 2.31. The normalized spacial score (nSPS) is 15.2. The zero-order valence-corrected chi connectivity index (χ0v) is 15.5. The van der Waals surface area contributed by atoms with Gasteiger partial charge in [0.25, 0.3) is 5.91 Å². The van der Waals surface area contributed by atoms with Crippen molar-refractivity contribution in [2.24, 2.45) is 7.05 Å². The van der Waals surface area contributed by atoms with Crippen molar-refractivity contribution in [2.45, 2.75) is 0 Å². The largest absolute Gasteiger partial charge is 0.345 e. The van der Waals surface area contributed by atoms with Crippen LogP contribution in [0.3, 0.4) is 0 Å². The molecule has 4 rings (SSSR count). The number of anilines is 1. The maximum absolute atomic E-state index is 12.5. The fraction of sp³-hybridized carbons (Fsp3) is 0.312. The van der Waals surface area contributed by atoms with Crippen molar-refractivity contribution < 1.29 is 4.79 Å². The monoisotopic (exact) mass is 405 g/mol. The van der Waals surface area contributed by atoms with Crippen LogP contribution in [0.15, 0.2) is 35.1 Å². The number of aromatic nitrogens is 3. The smallest absolute Gasteiger partial charge is 0.257 e. The topological polar surface area (TPSA) is 54.3 Å². The van der Waals surface area contributed by atoms with Gasteiger partial charge >= 0.3 is 0 Å². The average Bonchev–Trinajstić information content (AvgIpc) is 3.20. The third kappa shape index (κ3) is 2.91. The number of rotatable bonds is 2. The van der Waals surface area contributed by atoms with Crippen LogP contribution < -0.4 is 4.90 Å². The molecular formula is C16H16BrN5OS. The molecule has 0 bridgehead atoms. The first-order chi connectivity index (χ1) is 11.6. The fourth-order valence-corrected chi connectivity index (χ4v) is 4.41. The molecule has 1 aliphatic rings. The van der Waals surface area contributed by atoms with Gasteiger partial charge in [-0.15, -0.1) is 0 Å². The molecule has 24 heavy (non-hydrogen) atoms. The van der Waals surface area contributed by atoms with E-state index in [9.17, 15) is 4.79 Å². The Hall–Kier alpha value is -1.93. The Morgan fingerprint density at radius 1 is 1.25 bits per heavy atom. The standard InChI is InChI=1S/C16H16BrN5OS/c1-20-10-11(9-18-20)15(23)21-4-6-22(7-5-21)16-19-13-3-2-12(17)8-14(13)24-16/h2-3,8-10H,4-7H2,1H3. The summed E-state index contributed by atoms with van der Waals surface area (Å²) in [4.78, 5) is 21.3. The summed E-state index contributed by atoms with van der Waals surface area (Å²) >= 11 is 5.20. The average molecular weight is 406 g/mol. The van der Waals surface area contributed by atoms with Gasteiger partial charge in [-0.25, -0.2) is 4.98 Å². The lowest BCUT2D eigenvalue weighted by Gasteiger charge is -2.34.